The molecule has 0 radical (unpaired) electrons. The van der Waals surface area contributed by atoms with E-state index in [9.17, 15) is 0 Å². The van der Waals surface area contributed by atoms with Crippen molar-refractivity contribution in [2.24, 2.45) is 0 Å². The van der Waals surface area contributed by atoms with Gasteiger partial charge >= 0.3 is 0 Å². The molecule has 0 saturated carbocycles. The quantitative estimate of drug-likeness (QED) is 0.623. The predicted octanol–water partition coefficient (Wildman–Crippen LogP) is 3.58. The Hall–Kier alpha value is -2.95. The summed E-state index contributed by atoms with van der Waals surface area (Å²) >= 11 is 0. The van der Waals surface area contributed by atoms with Crippen molar-refractivity contribution in [3.05, 3.63) is 78.4 Å². The van der Waals surface area contributed by atoms with Crippen LogP contribution in [0.5, 0.6) is 0 Å². The van der Waals surface area contributed by atoms with E-state index in [2.05, 4.69) is 81.2 Å². The lowest BCUT2D eigenvalue weighted by atomic mass is 10.2. The minimum atomic E-state index is 0.842. The summed E-state index contributed by atoms with van der Waals surface area (Å²) < 4.78 is 0. The lowest BCUT2D eigenvalue weighted by molar-refractivity contribution is 0.802. The van der Waals surface area contributed by atoms with Gasteiger partial charge in [0.15, 0.2) is 0 Å². The van der Waals surface area contributed by atoms with Crippen molar-refractivity contribution in [3.63, 3.8) is 0 Å². The van der Waals surface area contributed by atoms with Gasteiger partial charge in [-0.2, -0.15) is 0 Å². The van der Waals surface area contributed by atoms with E-state index in [1.54, 1.807) is 6.33 Å². The Bertz CT molecular complexity index is 792. The van der Waals surface area contributed by atoms with Gasteiger partial charge in [-0.25, -0.2) is 9.97 Å². The summed E-state index contributed by atoms with van der Waals surface area (Å²) in [6, 6.07) is 16.6. The molecule has 0 aliphatic heterocycles. The third-order valence-electron chi connectivity index (χ3n) is 4.44. The Balaban J connectivity index is 1.68. The molecule has 0 amide bonds. The van der Waals surface area contributed by atoms with Crippen molar-refractivity contribution in [1.29, 1.82) is 0 Å². The largest absolute Gasteiger partial charge is 0.359 e. The van der Waals surface area contributed by atoms with Gasteiger partial charge in [0, 0.05) is 45.1 Å². The molecule has 26 heavy (non-hydrogen) atoms. The highest BCUT2D eigenvalue weighted by Gasteiger charge is 2.10. The fourth-order valence-corrected chi connectivity index (χ4v) is 2.84. The number of aromatic nitrogens is 3. The van der Waals surface area contributed by atoms with Crippen LogP contribution < -0.4 is 9.80 Å². The third kappa shape index (κ3) is 4.79. The van der Waals surface area contributed by atoms with Gasteiger partial charge in [-0.15, -0.1) is 0 Å². The number of pyridine rings is 1. The van der Waals surface area contributed by atoms with Gasteiger partial charge in [-0.05, 0) is 36.6 Å². The van der Waals surface area contributed by atoms with Gasteiger partial charge in [-0.3, -0.25) is 4.98 Å². The van der Waals surface area contributed by atoms with Crippen molar-refractivity contribution in [2.75, 3.05) is 29.9 Å². The van der Waals surface area contributed by atoms with Gasteiger partial charge in [0.05, 0.1) is 0 Å². The van der Waals surface area contributed by atoms with E-state index in [1.165, 1.54) is 11.1 Å². The van der Waals surface area contributed by atoms with Crippen LogP contribution in [0.2, 0.25) is 0 Å². The van der Waals surface area contributed by atoms with Crippen molar-refractivity contribution in [1.82, 2.24) is 15.0 Å². The highest BCUT2D eigenvalue weighted by Crippen LogP contribution is 2.19. The number of nitrogens with zero attached hydrogens (tertiary/aromatic N) is 5. The molecule has 0 aliphatic carbocycles. The zero-order chi connectivity index (χ0) is 18.2. The number of hydrogen-bond donors (Lipinski definition) is 0. The zero-order valence-electron chi connectivity index (χ0n) is 15.4. The van der Waals surface area contributed by atoms with Crippen molar-refractivity contribution >= 4 is 11.6 Å². The summed E-state index contributed by atoms with van der Waals surface area (Å²) in [5, 5.41) is 0. The number of likely N-dealkylation sites (N-methyl/N-ethyl adjacent to an activating group) is 1. The van der Waals surface area contributed by atoms with Gasteiger partial charge < -0.3 is 9.80 Å². The Morgan fingerprint density at radius 3 is 2.35 bits per heavy atom. The minimum absolute atomic E-state index is 0.842. The number of rotatable bonds is 8. The molecule has 0 saturated heterocycles. The Morgan fingerprint density at radius 2 is 1.62 bits per heavy atom. The van der Waals surface area contributed by atoms with Gasteiger partial charge in [0.2, 0.25) is 0 Å². The average Bonchev–Trinajstić information content (AvgIpc) is 2.72. The summed E-state index contributed by atoms with van der Waals surface area (Å²) in [4.78, 5) is 17.4. The Labute approximate surface area is 155 Å². The molecule has 134 valence electrons. The minimum Gasteiger partial charge on any atom is -0.359 e. The molecule has 3 rings (SSSR count). The molecule has 5 heteroatoms. The molecule has 2 aromatic heterocycles. The fourth-order valence-electron chi connectivity index (χ4n) is 2.84. The summed E-state index contributed by atoms with van der Waals surface area (Å²) in [5.74, 6) is 1.90. The lowest BCUT2D eigenvalue weighted by Crippen LogP contribution is -2.25. The molecular formula is C21H25N5. The molecule has 0 spiro atoms. The molecule has 0 N–H and O–H groups in total. The van der Waals surface area contributed by atoms with E-state index in [-0.39, 0.29) is 0 Å². The Kier molecular flexibility index (Phi) is 6.14. The van der Waals surface area contributed by atoms with Crippen LogP contribution in [0.25, 0.3) is 0 Å². The molecule has 5 nitrogen and oxygen atoms in total. The molecule has 1 aromatic carbocycles. The fraction of sp³-hybridized carbons (Fsp3) is 0.286. The highest BCUT2D eigenvalue weighted by molar-refractivity contribution is 5.50. The van der Waals surface area contributed by atoms with E-state index in [1.807, 2.05) is 18.5 Å². The van der Waals surface area contributed by atoms with Crippen LogP contribution in [-0.2, 0) is 13.0 Å². The van der Waals surface area contributed by atoms with Crippen LogP contribution in [0.15, 0.2) is 67.3 Å². The molecule has 3 aromatic rings. The summed E-state index contributed by atoms with van der Waals surface area (Å²) in [7, 11) is 2.07. The van der Waals surface area contributed by atoms with Crippen LogP contribution in [0.1, 0.15) is 18.1 Å². The topological polar surface area (TPSA) is 45.2 Å². The van der Waals surface area contributed by atoms with Crippen LogP contribution in [0.4, 0.5) is 11.6 Å². The molecular weight excluding hydrogens is 322 g/mol. The number of hydrogen-bond acceptors (Lipinski definition) is 5. The normalized spacial score (nSPS) is 10.5. The lowest BCUT2D eigenvalue weighted by Gasteiger charge is -2.24. The molecule has 0 aliphatic rings. The second-order valence-electron chi connectivity index (χ2n) is 6.26. The van der Waals surface area contributed by atoms with Gasteiger partial charge in [0.25, 0.3) is 0 Å². The monoisotopic (exact) mass is 347 g/mol. The molecule has 0 fully saturated rings. The number of benzene rings is 1. The first-order chi connectivity index (χ1) is 12.8. The van der Waals surface area contributed by atoms with Crippen molar-refractivity contribution < 1.29 is 0 Å². The second kappa shape index (κ2) is 8.94. The maximum absolute atomic E-state index is 4.49. The second-order valence-corrected chi connectivity index (χ2v) is 6.26. The first-order valence-corrected chi connectivity index (χ1v) is 8.97. The van der Waals surface area contributed by atoms with Crippen LogP contribution in [-0.4, -0.2) is 35.1 Å². The van der Waals surface area contributed by atoms with Crippen LogP contribution in [0, 0.1) is 0 Å². The third-order valence-corrected chi connectivity index (χ3v) is 4.44. The van der Waals surface area contributed by atoms with Crippen molar-refractivity contribution in [2.45, 2.75) is 19.9 Å². The van der Waals surface area contributed by atoms with Gasteiger partial charge in [-0.1, -0.05) is 30.3 Å². The van der Waals surface area contributed by atoms with Crippen molar-refractivity contribution in [3.8, 4) is 0 Å². The predicted molar refractivity (Wildman–Crippen MR) is 106 cm³/mol. The summed E-state index contributed by atoms with van der Waals surface area (Å²) in [5.41, 5.74) is 2.56. The van der Waals surface area contributed by atoms with Crippen LogP contribution >= 0.6 is 0 Å². The maximum Gasteiger partial charge on any atom is 0.134 e. The molecule has 2 heterocycles. The first-order valence-electron chi connectivity index (χ1n) is 8.97. The molecule has 0 unspecified atom stereocenters. The Morgan fingerprint density at radius 1 is 0.885 bits per heavy atom. The molecule has 0 atom stereocenters. The first kappa shape index (κ1) is 17.9. The summed E-state index contributed by atoms with van der Waals surface area (Å²) in [6.45, 7) is 4.78. The molecule has 0 bridgehead atoms. The maximum atomic E-state index is 4.49. The average molecular weight is 347 g/mol. The van der Waals surface area contributed by atoms with E-state index in [4.69, 9.17) is 0 Å². The standard InChI is InChI=1S/C21H25N5/c1-3-26(16-19-7-5-4-6-8-19)21-15-20(23-17-24-21)25(2)14-11-18-9-12-22-13-10-18/h4-10,12-13,15,17H,3,11,14,16H2,1-2H3. The van der Waals surface area contributed by atoms with E-state index < -0.39 is 0 Å². The van der Waals surface area contributed by atoms with E-state index in [0.29, 0.717) is 0 Å². The zero-order valence-corrected chi connectivity index (χ0v) is 15.4. The highest BCUT2D eigenvalue weighted by atomic mass is 15.2. The van der Waals surface area contributed by atoms with Gasteiger partial charge in [0.1, 0.15) is 18.0 Å². The van der Waals surface area contributed by atoms with E-state index in [0.717, 1.165) is 37.7 Å². The SMILES string of the molecule is CCN(Cc1ccccc1)c1cc(N(C)CCc2ccncc2)ncn1. The summed E-state index contributed by atoms with van der Waals surface area (Å²) in [6.07, 6.45) is 6.28. The van der Waals surface area contributed by atoms with E-state index >= 15 is 0 Å². The van der Waals surface area contributed by atoms with Crippen LogP contribution in [0.3, 0.4) is 0 Å². The number of anilines is 2. The smallest absolute Gasteiger partial charge is 0.134 e.